The lowest BCUT2D eigenvalue weighted by atomic mass is 9.59. The van der Waals surface area contributed by atoms with Gasteiger partial charge in [0.05, 0.1) is 5.56 Å². The maximum atomic E-state index is 11.8. The summed E-state index contributed by atoms with van der Waals surface area (Å²) in [7, 11) is 0. The van der Waals surface area contributed by atoms with Crippen LogP contribution in [0.25, 0.3) is 21.9 Å². The summed E-state index contributed by atoms with van der Waals surface area (Å²) in [6.45, 7) is -0.226. The second-order valence-electron chi connectivity index (χ2n) is 11.1. The Balaban J connectivity index is 1.42. The average molecular weight is 486 g/mol. The number of benzene rings is 3. The van der Waals surface area contributed by atoms with E-state index in [1.807, 2.05) is 30.3 Å². The molecule has 4 fully saturated rings. The Morgan fingerprint density at radius 2 is 1.56 bits per heavy atom. The molecule has 36 heavy (non-hydrogen) atoms. The monoisotopic (exact) mass is 485 g/mol. The number of carboxylic acids is 1. The maximum absolute atomic E-state index is 11.8. The van der Waals surface area contributed by atoms with Gasteiger partial charge >= 0.3 is 5.97 Å². The minimum atomic E-state index is -0.928. The number of carboxylic acid groups (broad SMARTS) is 1. The van der Waals surface area contributed by atoms with Gasteiger partial charge in [-0.3, -0.25) is 10.0 Å². The molecule has 4 aliphatic rings. The number of rotatable bonds is 6. The Morgan fingerprint density at radius 3 is 2.31 bits per heavy atom. The lowest BCUT2D eigenvalue weighted by molar-refractivity contribution is -0.131. The number of nitrogens with one attached hydrogen (secondary N) is 1. The average Bonchev–Trinajstić information content (AvgIpc) is 3.10. The van der Waals surface area contributed by atoms with Crippen molar-refractivity contribution < 1.29 is 24.6 Å². The lowest BCUT2D eigenvalue weighted by Crippen LogP contribution is -2.37. The van der Waals surface area contributed by atoms with Crippen LogP contribution in [0, 0.1) is 17.8 Å². The van der Waals surface area contributed by atoms with E-state index in [4.69, 9.17) is 9.94 Å². The van der Waals surface area contributed by atoms with Crippen LogP contribution in [0.3, 0.4) is 0 Å². The van der Waals surface area contributed by atoms with E-state index in [1.165, 1.54) is 44.1 Å². The Labute approximate surface area is 210 Å². The van der Waals surface area contributed by atoms with E-state index < -0.39 is 11.9 Å². The van der Waals surface area contributed by atoms with Gasteiger partial charge in [-0.25, -0.2) is 10.3 Å². The minimum Gasteiger partial charge on any atom is -0.483 e. The molecule has 4 aliphatic carbocycles. The lowest BCUT2D eigenvalue weighted by Gasteiger charge is -2.46. The highest BCUT2D eigenvalue weighted by Crippen LogP contribution is 2.59. The van der Waals surface area contributed by atoms with E-state index in [1.54, 1.807) is 17.6 Å². The third kappa shape index (κ3) is 4.13. The second-order valence-corrected chi connectivity index (χ2v) is 11.1. The molecular weight excluding hydrogens is 454 g/mol. The molecule has 3 N–H and O–H groups in total. The molecule has 3 aromatic carbocycles. The zero-order valence-corrected chi connectivity index (χ0v) is 20.2. The topological polar surface area (TPSA) is 95.9 Å². The van der Waals surface area contributed by atoms with Crippen LogP contribution in [0.2, 0.25) is 0 Å². The highest BCUT2D eigenvalue weighted by atomic mass is 16.5. The summed E-state index contributed by atoms with van der Waals surface area (Å²) in [5, 5.41) is 20.2. The summed E-state index contributed by atoms with van der Waals surface area (Å²) in [6.07, 6.45) is 8.74. The van der Waals surface area contributed by atoms with Crippen LogP contribution in [0.4, 0.5) is 0 Å². The summed E-state index contributed by atoms with van der Waals surface area (Å²) in [5.74, 6) is 1.58. The predicted octanol–water partition coefficient (Wildman–Crippen LogP) is 5.95. The number of hydroxylamine groups is 1. The number of fused-ring (bicyclic) bond motifs is 2. The molecule has 0 heterocycles. The molecule has 1 amide bonds. The van der Waals surface area contributed by atoms with Crippen molar-refractivity contribution in [3.05, 3.63) is 65.7 Å². The SMILES string of the molecule is O=C(COc1ccc(-c2ccc3cc(C(=O)O)ccc3c2)cc1C12CCC3CC(CC(C3)C1)C2)NO. The summed E-state index contributed by atoms with van der Waals surface area (Å²) >= 11 is 0. The fourth-order valence-corrected chi connectivity index (χ4v) is 7.48. The van der Waals surface area contributed by atoms with E-state index in [0.29, 0.717) is 0 Å². The van der Waals surface area contributed by atoms with Crippen LogP contribution in [0.15, 0.2) is 54.6 Å². The van der Waals surface area contributed by atoms with Crippen molar-refractivity contribution in [2.24, 2.45) is 17.8 Å². The van der Waals surface area contributed by atoms with Crippen LogP contribution >= 0.6 is 0 Å². The molecule has 0 radical (unpaired) electrons. The minimum absolute atomic E-state index is 0.0487. The van der Waals surface area contributed by atoms with Crippen molar-refractivity contribution in [3.8, 4) is 16.9 Å². The fourth-order valence-electron chi connectivity index (χ4n) is 7.48. The van der Waals surface area contributed by atoms with Crippen molar-refractivity contribution in [2.75, 3.05) is 6.61 Å². The van der Waals surface area contributed by atoms with Gasteiger partial charge in [-0.2, -0.15) is 0 Å². The molecular formula is C30H31NO5. The van der Waals surface area contributed by atoms with Crippen molar-refractivity contribution in [1.29, 1.82) is 0 Å². The number of ether oxygens (including phenoxy) is 1. The number of amides is 1. The molecule has 0 aromatic heterocycles. The Morgan fingerprint density at radius 1 is 0.889 bits per heavy atom. The first-order valence-electron chi connectivity index (χ1n) is 12.9. The van der Waals surface area contributed by atoms with Gasteiger partial charge in [-0.05, 0) is 120 Å². The molecule has 0 spiro atoms. The van der Waals surface area contributed by atoms with Crippen molar-refractivity contribution in [2.45, 2.75) is 50.4 Å². The fraction of sp³-hybridized carbons (Fsp3) is 0.400. The van der Waals surface area contributed by atoms with Crippen LogP contribution in [-0.2, 0) is 10.2 Å². The van der Waals surface area contributed by atoms with E-state index >= 15 is 0 Å². The zero-order valence-electron chi connectivity index (χ0n) is 20.2. The molecule has 6 heteroatoms. The predicted molar refractivity (Wildman–Crippen MR) is 136 cm³/mol. The number of carbonyl (C=O) groups is 2. The quantitative estimate of drug-likeness (QED) is 0.296. The molecule has 186 valence electrons. The second kappa shape index (κ2) is 8.93. The third-order valence-electron chi connectivity index (χ3n) is 8.84. The molecule has 6 nitrogen and oxygen atoms in total. The normalized spacial score (nSPS) is 26.5. The summed E-state index contributed by atoms with van der Waals surface area (Å²) in [4.78, 5) is 23.1. The van der Waals surface area contributed by atoms with Crippen molar-refractivity contribution >= 4 is 22.6 Å². The maximum Gasteiger partial charge on any atom is 0.335 e. The standard InChI is InChI=1S/C30H31NO5/c32-28(31-35)17-36-27-6-5-24(22-1-2-23-13-25(29(33)34)4-3-21(23)12-22)14-26(27)30-8-7-18-9-19(15-30)11-20(10-18)16-30/h1-6,12-14,18-20,35H,7-11,15-17H2,(H,31,32)(H,33,34). The molecule has 0 aliphatic heterocycles. The summed E-state index contributed by atoms with van der Waals surface area (Å²) in [5.41, 5.74) is 5.33. The number of hydrogen-bond donors (Lipinski definition) is 3. The van der Waals surface area contributed by atoms with Crippen LogP contribution < -0.4 is 10.2 Å². The molecule has 4 saturated carbocycles. The van der Waals surface area contributed by atoms with Crippen LogP contribution in [0.1, 0.15) is 60.9 Å². The van der Waals surface area contributed by atoms with Crippen molar-refractivity contribution in [3.63, 3.8) is 0 Å². The first-order valence-corrected chi connectivity index (χ1v) is 12.9. The number of carbonyl (C=O) groups excluding carboxylic acids is 1. The zero-order chi connectivity index (χ0) is 24.9. The first kappa shape index (κ1) is 23.0. The van der Waals surface area contributed by atoms with Gasteiger partial charge in [0.15, 0.2) is 6.61 Å². The third-order valence-corrected chi connectivity index (χ3v) is 8.84. The molecule has 2 unspecified atom stereocenters. The Kier molecular flexibility index (Phi) is 5.72. The highest BCUT2D eigenvalue weighted by molar-refractivity contribution is 5.95. The van der Waals surface area contributed by atoms with Gasteiger partial charge in [-0.15, -0.1) is 0 Å². The summed E-state index contributed by atoms with van der Waals surface area (Å²) in [6, 6.07) is 17.6. The van der Waals surface area contributed by atoms with E-state index in [-0.39, 0.29) is 17.6 Å². The number of aromatic carboxylic acids is 1. The van der Waals surface area contributed by atoms with Gasteiger partial charge in [0.2, 0.25) is 0 Å². The molecule has 3 aromatic rings. The van der Waals surface area contributed by atoms with Crippen LogP contribution in [0.5, 0.6) is 5.75 Å². The van der Waals surface area contributed by atoms with Gasteiger partial charge in [0.25, 0.3) is 5.91 Å². The molecule has 0 saturated heterocycles. The van der Waals surface area contributed by atoms with E-state index in [2.05, 4.69) is 12.1 Å². The number of hydrogen-bond acceptors (Lipinski definition) is 4. The highest BCUT2D eigenvalue weighted by Gasteiger charge is 2.49. The van der Waals surface area contributed by atoms with E-state index in [9.17, 15) is 14.7 Å². The largest absolute Gasteiger partial charge is 0.483 e. The summed E-state index contributed by atoms with van der Waals surface area (Å²) < 4.78 is 5.99. The Bertz CT molecular complexity index is 1330. The van der Waals surface area contributed by atoms with Gasteiger partial charge in [-0.1, -0.05) is 24.3 Å². The van der Waals surface area contributed by atoms with Crippen molar-refractivity contribution in [1.82, 2.24) is 5.48 Å². The van der Waals surface area contributed by atoms with Gasteiger partial charge in [0.1, 0.15) is 5.75 Å². The van der Waals surface area contributed by atoms with Gasteiger partial charge < -0.3 is 9.84 Å². The smallest absolute Gasteiger partial charge is 0.335 e. The Hall–Kier alpha value is -3.38. The molecule has 7 rings (SSSR count). The first-order chi connectivity index (χ1) is 17.4. The van der Waals surface area contributed by atoms with E-state index in [0.717, 1.165) is 51.8 Å². The molecule has 2 atom stereocenters. The van der Waals surface area contributed by atoms with Gasteiger partial charge in [0, 0.05) is 5.56 Å². The molecule has 4 bridgehead atoms. The van der Waals surface area contributed by atoms with Crippen LogP contribution in [-0.4, -0.2) is 28.8 Å².